The van der Waals surface area contributed by atoms with Crippen LogP contribution in [0.15, 0.2) is 41.4 Å². The second-order valence-corrected chi connectivity index (χ2v) is 5.30. The monoisotopic (exact) mass is 271 g/mol. The van der Waals surface area contributed by atoms with Gasteiger partial charge in [-0.25, -0.2) is 10.8 Å². The Labute approximate surface area is 116 Å². The maximum absolute atomic E-state index is 6.11. The molecule has 2 unspecified atom stereocenters. The highest BCUT2D eigenvalue weighted by atomic mass is 32.2. The molecule has 96 valence electrons. The fraction of sp³-hybridized carbons (Fsp3) is 0.214. The van der Waals surface area contributed by atoms with Crippen LogP contribution in [-0.4, -0.2) is 23.6 Å². The lowest BCUT2D eigenvalue weighted by atomic mass is 10.1. The van der Waals surface area contributed by atoms with Crippen LogP contribution in [0.25, 0.3) is 0 Å². The maximum Gasteiger partial charge on any atom is 0.180 e. The summed E-state index contributed by atoms with van der Waals surface area (Å²) in [6, 6.07) is 7.59. The van der Waals surface area contributed by atoms with Gasteiger partial charge in [-0.05, 0) is 30.3 Å². The first-order valence-corrected chi connectivity index (χ1v) is 6.77. The molecule has 1 aromatic rings. The molecular weight excluding hydrogens is 258 g/mol. The summed E-state index contributed by atoms with van der Waals surface area (Å²) in [5.74, 6) is 13.0. The van der Waals surface area contributed by atoms with Gasteiger partial charge in [0.2, 0.25) is 0 Å². The van der Waals surface area contributed by atoms with Gasteiger partial charge in [-0.15, -0.1) is 0 Å². The number of fused-ring (bicyclic) bond motifs is 1. The largest absolute Gasteiger partial charge is 0.497 e. The number of hydrazine groups is 1. The van der Waals surface area contributed by atoms with Crippen molar-refractivity contribution in [3.8, 4) is 17.6 Å². The zero-order chi connectivity index (χ0) is 13.2. The maximum atomic E-state index is 6.11. The molecule has 0 saturated heterocycles. The zero-order valence-corrected chi connectivity index (χ0v) is 11.2. The van der Waals surface area contributed by atoms with Crippen LogP contribution in [0.3, 0.4) is 0 Å². The number of amidine groups is 1. The van der Waals surface area contributed by atoms with Crippen molar-refractivity contribution in [2.45, 2.75) is 11.3 Å². The van der Waals surface area contributed by atoms with Gasteiger partial charge in [-0.2, -0.15) is 0 Å². The number of ether oxygens (including phenoxy) is 1. The van der Waals surface area contributed by atoms with Gasteiger partial charge in [0.05, 0.1) is 18.0 Å². The number of nitrogens with two attached hydrogens (primary N) is 1. The van der Waals surface area contributed by atoms with E-state index in [2.05, 4.69) is 22.9 Å². The average molecular weight is 271 g/mol. The summed E-state index contributed by atoms with van der Waals surface area (Å²) in [7, 11) is 1.64. The van der Waals surface area contributed by atoms with Crippen molar-refractivity contribution >= 4 is 22.6 Å². The van der Waals surface area contributed by atoms with Crippen molar-refractivity contribution in [3.05, 3.63) is 36.4 Å². The Morgan fingerprint density at radius 2 is 2.16 bits per heavy atom. The summed E-state index contributed by atoms with van der Waals surface area (Å²) in [5, 5.41) is 2.67. The van der Waals surface area contributed by atoms with E-state index in [1.807, 2.05) is 30.3 Å². The summed E-state index contributed by atoms with van der Waals surface area (Å²) in [4.78, 5) is 4.55. The average Bonchev–Trinajstić information content (AvgIpc) is 2.90. The van der Waals surface area contributed by atoms with E-state index in [0.29, 0.717) is 0 Å². The number of hydrogen-bond donors (Lipinski definition) is 1. The Bertz CT molecular complexity index is 597. The Kier molecular flexibility index (Phi) is 3.20. The Balaban J connectivity index is 1.79. The molecule has 1 heterocycles. The summed E-state index contributed by atoms with van der Waals surface area (Å²) in [6.45, 7) is 0. The summed E-state index contributed by atoms with van der Waals surface area (Å²) in [5.41, 5.74) is 0.877. The number of allylic oxidation sites excluding steroid dienone is 1. The van der Waals surface area contributed by atoms with E-state index in [9.17, 15) is 0 Å². The fourth-order valence-electron chi connectivity index (χ4n) is 1.92. The molecule has 0 radical (unpaired) electrons. The minimum Gasteiger partial charge on any atom is -0.497 e. The van der Waals surface area contributed by atoms with E-state index in [-0.39, 0.29) is 11.3 Å². The Hall–Kier alpha value is -1.90. The van der Waals surface area contributed by atoms with Gasteiger partial charge >= 0.3 is 0 Å². The highest BCUT2D eigenvalue weighted by Gasteiger charge is 2.30. The Morgan fingerprint density at radius 3 is 2.84 bits per heavy atom. The third kappa shape index (κ3) is 2.33. The second-order valence-electron chi connectivity index (χ2n) is 4.15. The normalized spacial score (nSPS) is 23.2. The van der Waals surface area contributed by atoms with Crippen LogP contribution >= 0.6 is 11.8 Å². The lowest BCUT2D eigenvalue weighted by Crippen LogP contribution is -2.34. The molecule has 0 saturated carbocycles. The smallest absolute Gasteiger partial charge is 0.180 e. The first-order valence-electron chi connectivity index (χ1n) is 5.89. The number of thioether (sulfide) groups is 1. The minimum absolute atomic E-state index is 0.0225. The molecule has 1 aliphatic carbocycles. The number of benzene rings is 1. The van der Waals surface area contributed by atoms with Crippen molar-refractivity contribution in [1.82, 2.24) is 0 Å². The number of aliphatic imine (C=N–C) groups is 1. The minimum atomic E-state index is 0.0225. The third-order valence-corrected chi connectivity index (χ3v) is 4.16. The number of hydrogen-bond acceptors (Lipinski definition) is 5. The summed E-state index contributed by atoms with van der Waals surface area (Å²) >= 11 is 1.64. The molecule has 3 rings (SSSR count). The van der Waals surface area contributed by atoms with Crippen LogP contribution in [0.4, 0.5) is 5.69 Å². The predicted molar refractivity (Wildman–Crippen MR) is 79.2 cm³/mol. The highest BCUT2D eigenvalue weighted by molar-refractivity contribution is 8.15. The van der Waals surface area contributed by atoms with Crippen molar-refractivity contribution in [1.29, 1.82) is 0 Å². The van der Waals surface area contributed by atoms with Gasteiger partial charge in [-0.1, -0.05) is 29.7 Å². The molecule has 2 N–H and O–H groups in total. The highest BCUT2D eigenvalue weighted by Crippen LogP contribution is 2.31. The molecule has 0 bridgehead atoms. The molecule has 2 aliphatic rings. The van der Waals surface area contributed by atoms with E-state index < -0.39 is 0 Å². The molecule has 2 atom stereocenters. The van der Waals surface area contributed by atoms with E-state index in [1.165, 1.54) is 0 Å². The van der Waals surface area contributed by atoms with Crippen LogP contribution in [-0.2, 0) is 0 Å². The van der Waals surface area contributed by atoms with Gasteiger partial charge in [0.25, 0.3) is 0 Å². The molecule has 1 aromatic carbocycles. The van der Waals surface area contributed by atoms with Gasteiger partial charge in [-0.3, -0.25) is 5.01 Å². The van der Waals surface area contributed by atoms with Crippen LogP contribution in [0.2, 0.25) is 0 Å². The van der Waals surface area contributed by atoms with Crippen molar-refractivity contribution in [2.75, 3.05) is 12.1 Å². The van der Waals surface area contributed by atoms with Crippen LogP contribution in [0.5, 0.6) is 5.75 Å². The predicted octanol–water partition coefficient (Wildman–Crippen LogP) is 1.79. The molecule has 0 amide bonds. The van der Waals surface area contributed by atoms with Gasteiger partial charge in [0.1, 0.15) is 11.8 Å². The van der Waals surface area contributed by atoms with Gasteiger partial charge in [0.15, 0.2) is 5.17 Å². The quantitative estimate of drug-likeness (QED) is 0.506. The topological polar surface area (TPSA) is 50.9 Å². The van der Waals surface area contributed by atoms with Crippen molar-refractivity contribution < 1.29 is 4.74 Å². The van der Waals surface area contributed by atoms with E-state index in [4.69, 9.17) is 10.6 Å². The molecule has 5 heteroatoms. The van der Waals surface area contributed by atoms with Gasteiger partial charge < -0.3 is 4.74 Å². The molecule has 0 fully saturated rings. The summed E-state index contributed by atoms with van der Waals surface area (Å²) in [6.07, 6.45) is 3.95. The third-order valence-electron chi connectivity index (χ3n) is 2.96. The molecule has 1 aliphatic heterocycles. The van der Waals surface area contributed by atoms with Crippen LogP contribution in [0.1, 0.15) is 0 Å². The SMILES string of the molecule is COc1ccc(N(N)C2=NC3C#CC=CC3S2)cc1. The molecule has 0 aromatic heterocycles. The zero-order valence-electron chi connectivity index (χ0n) is 10.4. The lowest BCUT2D eigenvalue weighted by Gasteiger charge is -2.18. The molecule has 0 spiro atoms. The lowest BCUT2D eigenvalue weighted by molar-refractivity contribution is 0.415. The van der Waals surface area contributed by atoms with Crippen molar-refractivity contribution in [3.63, 3.8) is 0 Å². The van der Waals surface area contributed by atoms with Crippen molar-refractivity contribution in [2.24, 2.45) is 10.8 Å². The molecule has 19 heavy (non-hydrogen) atoms. The van der Waals surface area contributed by atoms with E-state index in [0.717, 1.165) is 16.6 Å². The number of methoxy groups -OCH3 is 1. The standard InChI is InChI=1S/C14H13N3OS/c1-18-11-8-6-10(7-9-11)17(15)14-16-12-4-2-3-5-13(12)19-14/h3,5-9,12-13H,15H2,1H3. The second kappa shape index (κ2) is 5.00. The number of anilines is 1. The first-order chi connectivity index (χ1) is 9.28. The molecule has 4 nitrogen and oxygen atoms in total. The van der Waals surface area contributed by atoms with E-state index >= 15 is 0 Å². The van der Waals surface area contributed by atoms with Crippen LogP contribution in [0, 0.1) is 11.8 Å². The number of rotatable bonds is 2. The van der Waals surface area contributed by atoms with Gasteiger partial charge in [0, 0.05) is 0 Å². The first kappa shape index (κ1) is 12.2. The Morgan fingerprint density at radius 1 is 1.37 bits per heavy atom. The van der Waals surface area contributed by atoms with Crippen LogP contribution < -0.4 is 15.6 Å². The fourth-order valence-corrected chi connectivity index (χ4v) is 2.97. The summed E-state index contributed by atoms with van der Waals surface area (Å²) < 4.78 is 5.13. The molecular formula is C14H13N3OS. The van der Waals surface area contributed by atoms with E-state index in [1.54, 1.807) is 23.9 Å². The number of nitrogens with zero attached hydrogens (tertiary/aromatic N) is 2.